The molecule has 0 aromatic heterocycles. The summed E-state index contributed by atoms with van der Waals surface area (Å²) in [5.74, 6) is 0.545. The fourth-order valence-electron chi connectivity index (χ4n) is 1.99. The fraction of sp³-hybridized carbons (Fsp3) is 0.500. The van der Waals surface area contributed by atoms with Crippen LogP contribution in [0.15, 0.2) is 23.4 Å². The van der Waals surface area contributed by atoms with E-state index in [9.17, 15) is 0 Å². The van der Waals surface area contributed by atoms with Crippen LogP contribution in [0.1, 0.15) is 11.1 Å². The molecule has 0 saturated carbocycles. The van der Waals surface area contributed by atoms with Crippen molar-refractivity contribution in [3.63, 3.8) is 0 Å². The normalized spacial score (nSPS) is 11.9. The monoisotopic (exact) mass is 297 g/mol. The lowest BCUT2D eigenvalue weighted by atomic mass is 10.1. The molecule has 0 radical (unpaired) electrons. The van der Waals surface area contributed by atoms with Crippen LogP contribution in [-0.2, 0) is 11.3 Å². The average molecular weight is 297 g/mol. The van der Waals surface area contributed by atoms with Crippen molar-refractivity contribution in [1.82, 2.24) is 4.90 Å². The minimum atomic E-state index is 0.00463. The van der Waals surface area contributed by atoms with Gasteiger partial charge in [-0.1, -0.05) is 11.2 Å². The maximum absolute atomic E-state index is 9.10. The Bertz CT molecular complexity index is 466. The van der Waals surface area contributed by atoms with Gasteiger partial charge in [-0.3, -0.25) is 4.90 Å². The van der Waals surface area contributed by atoms with Crippen LogP contribution in [0.2, 0.25) is 0 Å². The number of amidine groups is 1. The van der Waals surface area contributed by atoms with Gasteiger partial charge < -0.3 is 25.5 Å². The maximum Gasteiger partial charge on any atom is 0.173 e. The number of oxime groups is 1. The highest BCUT2D eigenvalue weighted by atomic mass is 16.5. The van der Waals surface area contributed by atoms with E-state index < -0.39 is 0 Å². The van der Waals surface area contributed by atoms with Gasteiger partial charge >= 0.3 is 0 Å². The van der Waals surface area contributed by atoms with Gasteiger partial charge in [0.1, 0.15) is 5.75 Å². The van der Waals surface area contributed by atoms with E-state index in [2.05, 4.69) is 10.1 Å². The number of methoxy groups -OCH3 is 2. The molecule has 118 valence electrons. The number of rotatable bonds is 9. The van der Waals surface area contributed by atoms with Crippen molar-refractivity contribution >= 4 is 5.84 Å². The number of benzene rings is 1. The summed E-state index contributed by atoms with van der Waals surface area (Å²) < 4.78 is 10.3. The van der Waals surface area contributed by atoms with Crippen LogP contribution in [0.4, 0.5) is 0 Å². The van der Waals surface area contributed by atoms with Crippen LogP contribution in [0, 0.1) is 0 Å². The lowest BCUT2D eigenvalue weighted by Gasteiger charge is -2.21. The number of hydrogen-bond donors (Lipinski definition) is 3. The Kier molecular flexibility index (Phi) is 7.52. The molecule has 0 atom stereocenters. The molecule has 1 aromatic carbocycles. The zero-order valence-electron chi connectivity index (χ0n) is 12.5. The molecule has 4 N–H and O–H groups in total. The molecule has 7 heteroatoms. The Labute approximate surface area is 124 Å². The first-order valence-corrected chi connectivity index (χ1v) is 6.63. The van der Waals surface area contributed by atoms with E-state index in [1.54, 1.807) is 13.2 Å². The molecular weight excluding hydrogens is 274 g/mol. The highest BCUT2D eigenvalue weighted by molar-refractivity contribution is 5.99. The Hall–Kier alpha value is -1.83. The van der Waals surface area contributed by atoms with Crippen molar-refractivity contribution < 1.29 is 19.8 Å². The number of aliphatic hydroxyl groups is 1. The molecule has 0 amide bonds. The van der Waals surface area contributed by atoms with Gasteiger partial charge in [-0.05, 0) is 17.7 Å². The quantitative estimate of drug-likeness (QED) is 0.261. The molecule has 1 aromatic rings. The maximum atomic E-state index is 9.10. The largest absolute Gasteiger partial charge is 0.496 e. The molecule has 21 heavy (non-hydrogen) atoms. The summed E-state index contributed by atoms with van der Waals surface area (Å²) >= 11 is 0. The predicted molar refractivity (Wildman–Crippen MR) is 79.7 cm³/mol. The lowest BCUT2D eigenvalue weighted by molar-refractivity contribution is 0.127. The molecule has 7 nitrogen and oxygen atoms in total. The molecule has 0 spiro atoms. The number of aliphatic hydroxyl groups excluding tert-OH is 1. The summed E-state index contributed by atoms with van der Waals surface area (Å²) in [6.45, 7) is 2.62. The van der Waals surface area contributed by atoms with Crippen molar-refractivity contribution in [3.8, 4) is 5.75 Å². The third-order valence-electron chi connectivity index (χ3n) is 3.08. The van der Waals surface area contributed by atoms with Gasteiger partial charge in [0.15, 0.2) is 5.84 Å². The van der Waals surface area contributed by atoms with Crippen LogP contribution >= 0.6 is 0 Å². The van der Waals surface area contributed by atoms with Crippen molar-refractivity contribution in [1.29, 1.82) is 0 Å². The summed E-state index contributed by atoms with van der Waals surface area (Å²) in [5.41, 5.74) is 7.14. The van der Waals surface area contributed by atoms with Crippen LogP contribution < -0.4 is 10.5 Å². The molecule has 0 aliphatic rings. The first kappa shape index (κ1) is 17.2. The molecule has 1 rings (SSSR count). The average Bonchev–Trinajstić information content (AvgIpc) is 2.51. The highest BCUT2D eigenvalue weighted by Gasteiger charge is 2.11. The highest BCUT2D eigenvalue weighted by Crippen LogP contribution is 2.21. The number of ether oxygens (including phenoxy) is 2. The van der Waals surface area contributed by atoms with Gasteiger partial charge in [-0.15, -0.1) is 0 Å². The van der Waals surface area contributed by atoms with E-state index in [-0.39, 0.29) is 12.4 Å². The van der Waals surface area contributed by atoms with Crippen molar-refractivity contribution in [2.24, 2.45) is 10.9 Å². The standard InChI is InChI=1S/C14H23N3O4/c1-20-8-6-17(5-7-18)10-11-3-4-12(14(15)16-19)13(9-11)21-2/h3-4,9,18-19H,5-8,10H2,1-2H3,(H2,15,16). The number of nitrogens with zero attached hydrogens (tertiary/aromatic N) is 2. The molecule has 0 aliphatic carbocycles. The zero-order chi connectivity index (χ0) is 15.7. The minimum absolute atomic E-state index is 0.00463. The van der Waals surface area contributed by atoms with Crippen LogP contribution in [0.3, 0.4) is 0 Å². The van der Waals surface area contributed by atoms with Gasteiger partial charge in [0.25, 0.3) is 0 Å². The van der Waals surface area contributed by atoms with Gasteiger partial charge in [-0.25, -0.2) is 0 Å². The van der Waals surface area contributed by atoms with E-state index in [1.807, 2.05) is 12.1 Å². The van der Waals surface area contributed by atoms with Crippen LogP contribution in [-0.4, -0.2) is 61.6 Å². The summed E-state index contributed by atoms with van der Waals surface area (Å²) in [6, 6.07) is 5.47. The smallest absolute Gasteiger partial charge is 0.173 e. The second-order valence-corrected chi connectivity index (χ2v) is 4.51. The Morgan fingerprint density at radius 2 is 2.10 bits per heavy atom. The SMILES string of the molecule is COCCN(CCO)Cc1ccc(/C(N)=N/O)c(OC)c1. The van der Waals surface area contributed by atoms with Gasteiger partial charge in [0.05, 0.1) is 25.9 Å². The molecule has 0 unspecified atom stereocenters. The van der Waals surface area contributed by atoms with E-state index in [4.69, 9.17) is 25.5 Å². The molecule has 0 aliphatic heterocycles. The minimum Gasteiger partial charge on any atom is -0.496 e. The number of nitrogens with two attached hydrogens (primary N) is 1. The first-order valence-electron chi connectivity index (χ1n) is 6.63. The van der Waals surface area contributed by atoms with Crippen molar-refractivity contribution in [2.75, 3.05) is 40.5 Å². The van der Waals surface area contributed by atoms with Gasteiger partial charge in [-0.2, -0.15) is 0 Å². The van der Waals surface area contributed by atoms with E-state index in [0.29, 0.717) is 31.0 Å². The van der Waals surface area contributed by atoms with Gasteiger partial charge in [0.2, 0.25) is 0 Å². The topological polar surface area (TPSA) is 101 Å². The molecule has 0 fully saturated rings. The second kappa shape index (κ2) is 9.17. The summed E-state index contributed by atoms with van der Waals surface area (Å²) in [6.07, 6.45) is 0. The fourth-order valence-corrected chi connectivity index (χ4v) is 1.99. The third-order valence-corrected chi connectivity index (χ3v) is 3.08. The summed E-state index contributed by atoms with van der Waals surface area (Å²) in [7, 11) is 3.18. The first-order chi connectivity index (χ1) is 10.2. The van der Waals surface area contributed by atoms with E-state index in [1.165, 1.54) is 7.11 Å². The second-order valence-electron chi connectivity index (χ2n) is 4.51. The molecule has 0 bridgehead atoms. The lowest BCUT2D eigenvalue weighted by Crippen LogP contribution is -2.29. The van der Waals surface area contributed by atoms with Crippen LogP contribution in [0.5, 0.6) is 5.75 Å². The Morgan fingerprint density at radius 3 is 2.67 bits per heavy atom. The van der Waals surface area contributed by atoms with Crippen LogP contribution in [0.25, 0.3) is 0 Å². The predicted octanol–water partition coefficient (Wildman–Crippen LogP) is 0.230. The molecule has 0 saturated heterocycles. The number of hydrogen-bond acceptors (Lipinski definition) is 6. The Morgan fingerprint density at radius 1 is 1.33 bits per heavy atom. The molecule has 0 heterocycles. The summed E-state index contributed by atoms with van der Waals surface area (Å²) in [5, 5.41) is 20.8. The summed E-state index contributed by atoms with van der Waals surface area (Å²) in [4.78, 5) is 2.07. The van der Waals surface area contributed by atoms with Crippen molar-refractivity contribution in [3.05, 3.63) is 29.3 Å². The van der Waals surface area contributed by atoms with Gasteiger partial charge in [0, 0.05) is 26.7 Å². The molecular formula is C14H23N3O4. The zero-order valence-corrected chi connectivity index (χ0v) is 12.5. The van der Waals surface area contributed by atoms with Crippen molar-refractivity contribution in [2.45, 2.75) is 6.54 Å². The van der Waals surface area contributed by atoms with E-state index in [0.717, 1.165) is 12.1 Å². The Balaban J connectivity index is 2.87. The third kappa shape index (κ3) is 5.22. The van der Waals surface area contributed by atoms with E-state index >= 15 is 0 Å².